The number of rotatable bonds is 2. The summed E-state index contributed by atoms with van der Waals surface area (Å²) < 4.78 is 15.2. The molecule has 2 heterocycles. The van der Waals surface area contributed by atoms with Gasteiger partial charge in [-0.15, -0.1) is 5.06 Å². The average Bonchev–Trinajstić information content (AvgIpc) is 2.77. The Kier molecular flexibility index (Phi) is 6.57. The number of anilines is 1. The molecule has 1 saturated heterocycles. The molecule has 6 nitrogen and oxygen atoms in total. The second-order valence-corrected chi connectivity index (χ2v) is 8.81. The van der Waals surface area contributed by atoms with Crippen molar-refractivity contribution in [3.05, 3.63) is 68.6 Å². The quantitative estimate of drug-likeness (QED) is 0.297. The Morgan fingerprint density at radius 3 is 2.61 bits per heavy atom. The fraction of sp³-hybridized carbons (Fsp3) is 0.227. The lowest BCUT2D eigenvalue weighted by Crippen LogP contribution is -2.43. The standard InChI is InChI=1S/C22H18ClFIN3O3/c23-15-4-6-17-14(12-15)8-9-26-20(17)28(31-22(30)27-10-2-1-3-11-27)21(29)18-7-5-16(25)13-19(18)24/h4-9,12-13H,1-3,10-11H2. The van der Waals surface area contributed by atoms with Gasteiger partial charge in [0.05, 0.1) is 5.56 Å². The Balaban J connectivity index is 1.77. The first kappa shape index (κ1) is 21.8. The van der Waals surface area contributed by atoms with Gasteiger partial charge in [0, 0.05) is 33.3 Å². The van der Waals surface area contributed by atoms with Gasteiger partial charge >= 0.3 is 6.09 Å². The van der Waals surface area contributed by atoms with Crippen LogP contribution >= 0.6 is 34.2 Å². The van der Waals surface area contributed by atoms with E-state index in [1.807, 2.05) is 22.6 Å². The Bertz CT molecular complexity index is 1150. The summed E-state index contributed by atoms with van der Waals surface area (Å²) in [4.78, 5) is 37.5. The number of benzene rings is 2. The molecule has 1 fully saturated rings. The van der Waals surface area contributed by atoms with E-state index in [1.165, 1.54) is 23.2 Å². The number of pyridine rings is 1. The molecule has 0 spiro atoms. The fourth-order valence-corrected chi connectivity index (χ4v) is 4.09. The van der Waals surface area contributed by atoms with E-state index in [4.69, 9.17) is 16.4 Å². The van der Waals surface area contributed by atoms with Gasteiger partial charge in [0.1, 0.15) is 5.82 Å². The van der Waals surface area contributed by atoms with Crippen molar-refractivity contribution in [1.82, 2.24) is 9.88 Å². The minimum Gasteiger partial charge on any atom is -0.312 e. The number of hydrogen-bond acceptors (Lipinski definition) is 4. The van der Waals surface area contributed by atoms with Crippen LogP contribution < -0.4 is 5.06 Å². The highest BCUT2D eigenvalue weighted by molar-refractivity contribution is 14.1. The summed E-state index contributed by atoms with van der Waals surface area (Å²) in [7, 11) is 0. The molecular weight excluding hydrogens is 536 g/mol. The molecule has 0 aliphatic carbocycles. The van der Waals surface area contributed by atoms with Crippen LogP contribution in [-0.2, 0) is 4.84 Å². The van der Waals surface area contributed by atoms with Crippen molar-refractivity contribution >= 4 is 62.8 Å². The lowest BCUT2D eigenvalue weighted by molar-refractivity contribution is 0.0630. The lowest BCUT2D eigenvalue weighted by atomic mass is 10.1. The SMILES string of the molecule is O=C(ON(C(=O)c1ccc(I)cc1F)c1nccc2cc(Cl)ccc12)N1CCCCC1. The van der Waals surface area contributed by atoms with Gasteiger partial charge in [-0.2, -0.15) is 0 Å². The van der Waals surface area contributed by atoms with Gasteiger partial charge in [-0.3, -0.25) is 4.79 Å². The Morgan fingerprint density at radius 1 is 1.10 bits per heavy atom. The summed E-state index contributed by atoms with van der Waals surface area (Å²) in [6, 6.07) is 11.0. The van der Waals surface area contributed by atoms with Gasteiger partial charge in [0.15, 0.2) is 5.82 Å². The molecule has 0 bridgehead atoms. The first-order valence-corrected chi connectivity index (χ1v) is 11.2. The van der Waals surface area contributed by atoms with Crippen LogP contribution in [-0.4, -0.2) is 35.0 Å². The van der Waals surface area contributed by atoms with Crippen LogP contribution in [0.25, 0.3) is 10.8 Å². The van der Waals surface area contributed by atoms with E-state index in [1.54, 1.807) is 30.3 Å². The van der Waals surface area contributed by atoms with Gasteiger partial charge < -0.3 is 9.74 Å². The highest BCUT2D eigenvalue weighted by Gasteiger charge is 2.30. The summed E-state index contributed by atoms with van der Waals surface area (Å²) in [5, 5.41) is 2.53. The minimum atomic E-state index is -0.825. The highest BCUT2D eigenvalue weighted by atomic mass is 127. The van der Waals surface area contributed by atoms with E-state index < -0.39 is 17.8 Å². The maximum Gasteiger partial charge on any atom is 0.434 e. The lowest BCUT2D eigenvalue weighted by Gasteiger charge is -2.29. The number of carbonyl (C=O) groups excluding carboxylic acids is 2. The number of carbonyl (C=O) groups is 2. The third kappa shape index (κ3) is 4.74. The van der Waals surface area contributed by atoms with E-state index in [-0.39, 0.29) is 11.4 Å². The molecule has 160 valence electrons. The number of halogens is 3. The molecule has 4 rings (SSSR count). The molecule has 0 saturated carbocycles. The molecule has 0 atom stereocenters. The number of fused-ring (bicyclic) bond motifs is 1. The monoisotopic (exact) mass is 553 g/mol. The van der Waals surface area contributed by atoms with Crippen LogP contribution in [0.15, 0.2) is 48.7 Å². The fourth-order valence-electron chi connectivity index (χ4n) is 3.46. The minimum absolute atomic E-state index is 0.0856. The molecular formula is C22H18ClFIN3O3. The second-order valence-electron chi connectivity index (χ2n) is 7.13. The van der Waals surface area contributed by atoms with Crippen molar-refractivity contribution in [2.24, 2.45) is 0 Å². The molecule has 0 unspecified atom stereocenters. The average molecular weight is 554 g/mol. The van der Waals surface area contributed by atoms with Crippen LogP contribution in [0.5, 0.6) is 0 Å². The highest BCUT2D eigenvalue weighted by Crippen LogP contribution is 2.29. The number of amides is 2. The number of likely N-dealkylation sites (tertiary alicyclic amines) is 1. The summed E-state index contributed by atoms with van der Waals surface area (Å²) in [6.45, 7) is 1.08. The maximum atomic E-state index is 14.6. The van der Waals surface area contributed by atoms with E-state index in [0.717, 1.165) is 24.3 Å². The number of hydroxylamine groups is 1. The molecule has 0 radical (unpaired) electrons. The van der Waals surface area contributed by atoms with Crippen molar-refractivity contribution < 1.29 is 18.8 Å². The van der Waals surface area contributed by atoms with Crippen LogP contribution in [0.2, 0.25) is 5.02 Å². The summed E-state index contributed by atoms with van der Waals surface area (Å²) in [6.07, 6.45) is 3.56. The largest absolute Gasteiger partial charge is 0.434 e. The van der Waals surface area contributed by atoms with Crippen molar-refractivity contribution in [1.29, 1.82) is 0 Å². The smallest absolute Gasteiger partial charge is 0.312 e. The third-order valence-corrected chi connectivity index (χ3v) is 5.93. The summed E-state index contributed by atoms with van der Waals surface area (Å²) >= 11 is 8.04. The predicted octanol–water partition coefficient (Wildman–Crippen LogP) is 5.82. The summed E-state index contributed by atoms with van der Waals surface area (Å²) in [5.41, 5.74) is -0.223. The second kappa shape index (κ2) is 9.35. The Labute approximate surface area is 197 Å². The molecule has 31 heavy (non-hydrogen) atoms. The van der Waals surface area contributed by atoms with Gasteiger partial charge in [0.25, 0.3) is 5.91 Å². The zero-order chi connectivity index (χ0) is 22.0. The van der Waals surface area contributed by atoms with E-state index in [2.05, 4.69) is 4.98 Å². The van der Waals surface area contributed by atoms with Crippen molar-refractivity contribution in [2.45, 2.75) is 19.3 Å². The van der Waals surface area contributed by atoms with Gasteiger partial charge in [-0.1, -0.05) is 11.6 Å². The number of piperidine rings is 1. The van der Waals surface area contributed by atoms with Crippen LogP contribution in [0.3, 0.4) is 0 Å². The molecule has 0 N–H and O–H groups in total. The third-order valence-electron chi connectivity index (χ3n) is 5.03. The molecule has 3 aromatic rings. The van der Waals surface area contributed by atoms with Gasteiger partial charge in [-0.05, 0) is 89.7 Å². The number of nitrogens with zero attached hydrogens (tertiary/aromatic N) is 3. The molecule has 2 aromatic carbocycles. The molecule has 9 heteroatoms. The van der Waals surface area contributed by atoms with Crippen molar-refractivity contribution in [3.8, 4) is 0 Å². The zero-order valence-electron chi connectivity index (χ0n) is 16.4. The Hall–Kier alpha value is -2.46. The van der Waals surface area contributed by atoms with E-state index >= 15 is 0 Å². The maximum absolute atomic E-state index is 14.6. The molecule has 1 aliphatic heterocycles. The van der Waals surface area contributed by atoms with Crippen LogP contribution in [0, 0.1) is 9.39 Å². The van der Waals surface area contributed by atoms with Gasteiger partial charge in [-0.25, -0.2) is 14.2 Å². The number of aromatic nitrogens is 1. The van der Waals surface area contributed by atoms with Crippen LogP contribution in [0.4, 0.5) is 15.0 Å². The molecule has 2 amide bonds. The molecule has 1 aliphatic rings. The normalized spacial score (nSPS) is 13.8. The van der Waals surface area contributed by atoms with Gasteiger partial charge in [0.2, 0.25) is 0 Å². The van der Waals surface area contributed by atoms with Crippen molar-refractivity contribution in [3.63, 3.8) is 0 Å². The topological polar surface area (TPSA) is 62.7 Å². The van der Waals surface area contributed by atoms with Crippen LogP contribution in [0.1, 0.15) is 29.6 Å². The summed E-state index contributed by atoms with van der Waals surface area (Å²) in [5.74, 6) is -1.45. The van der Waals surface area contributed by atoms with E-state index in [9.17, 15) is 14.0 Å². The Morgan fingerprint density at radius 2 is 1.87 bits per heavy atom. The number of hydrogen-bond donors (Lipinski definition) is 0. The molecule has 1 aromatic heterocycles. The zero-order valence-corrected chi connectivity index (χ0v) is 19.3. The first-order valence-electron chi connectivity index (χ1n) is 9.75. The van der Waals surface area contributed by atoms with Crippen molar-refractivity contribution in [2.75, 3.05) is 18.2 Å². The predicted molar refractivity (Wildman–Crippen MR) is 125 cm³/mol. The van der Waals surface area contributed by atoms with E-state index in [0.29, 0.717) is 32.5 Å². The first-order chi connectivity index (χ1) is 14.9.